The maximum absolute atomic E-state index is 11.6. The molecule has 0 unspecified atom stereocenters. The number of nitrogens with one attached hydrogen (secondary N) is 1. The predicted molar refractivity (Wildman–Crippen MR) is 78.6 cm³/mol. The Hall–Kier alpha value is -1.43. The molecule has 0 aliphatic heterocycles. The van der Waals surface area contributed by atoms with Crippen molar-refractivity contribution in [3.63, 3.8) is 0 Å². The summed E-state index contributed by atoms with van der Waals surface area (Å²) >= 11 is 1.60. The number of hydrogen-bond donors (Lipinski definition) is 1. The number of carbonyl (C=O) groups is 2. The van der Waals surface area contributed by atoms with Gasteiger partial charge in [0.2, 0.25) is 5.91 Å². The Morgan fingerprint density at radius 3 is 2.60 bits per heavy atom. The van der Waals surface area contributed by atoms with Crippen molar-refractivity contribution in [3.05, 3.63) is 16.1 Å². The summed E-state index contributed by atoms with van der Waals surface area (Å²) in [6.45, 7) is 7.91. The second-order valence-electron chi connectivity index (χ2n) is 5.54. The number of nitrogens with zero attached hydrogens (tertiary/aromatic N) is 1. The molecule has 1 amide bonds. The van der Waals surface area contributed by atoms with Gasteiger partial charge in [0.25, 0.3) is 0 Å². The van der Waals surface area contributed by atoms with Crippen LogP contribution in [0.4, 0.5) is 0 Å². The summed E-state index contributed by atoms with van der Waals surface area (Å²) in [5, 5.41) is 5.79. The first-order chi connectivity index (χ1) is 9.26. The van der Waals surface area contributed by atoms with E-state index >= 15 is 0 Å². The molecule has 112 valence electrons. The normalized spacial score (nSPS) is 11.2. The van der Waals surface area contributed by atoms with E-state index in [9.17, 15) is 9.59 Å². The molecule has 5 nitrogen and oxygen atoms in total. The first-order valence-electron chi connectivity index (χ1n) is 6.66. The van der Waals surface area contributed by atoms with E-state index in [0.717, 1.165) is 10.7 Å². The van der Waals surface area contributed by atoms with Crippen LogP contribution in [-0.2, 0) is 20.7 Å². The highest BCUT2D eigenvalue weighted by atomic mass is 32.1. The molecule has 0 aromatic carbocycles. The van der Waals surface area contributed by atoms with Gasteiger partial charge in [-0.1, -0.05) is 0 Å². The number of hydrogen-bond acceptors (Lipinski definition) is 5. The van der Waals surface area contributed by atoms with E-state index < -0.39 is 5.60 Å². The topological polar surface area (TPSA) is 68.3 Å². The molecule has 1 aromatic rings. The minimum absolute atomic E-state index is 0.110. The number of thiazole rings is 1. The molecule has 0 saturated heterocycles. The molecule has 1 heterocycles. The van der Waals surface area contributed by atoms with Crippen molar-refractivity contribution in [2.75, 3.05) is 6.54 Å². The van der Waals surface area contributed by atoms with Crippen LogP contribution in [0.5, 0.6) is 0 Å². The maximum Gasteiger partial charge on any atom is 0.306 e. The summed E-state index contributed by atoms with van der Waals surface area (Å²) in [6.07, 6.45) is 0.979. The minimum atomic E-state index is -0.504. The van der Waals surface area contributed by atoms with E-state index in [0.29, 0.717) is 13.0 Å². The zero-order valence-corrected chi connectivity index (χ0v) is 13.3. The Labute approximate surface area is 123 Å². The lowest BCUT2D eigenvalue weighted by atomic mass is 10.2. The monoisotopic (exact) mass is 298 g/mol. The summed E-state index contributed by atoms with van der Waals surface area (Å²) in [6, 6.07) is 0. The third kappa shape index (κ3) is 7.23. The molecular formula is C14H22N2O3S. The average molecular weight is 298 g/mol. The first kappa shape index (κ1) is 16.6. The number of aromatic nitrogens is 1. The SMILES string of the molecule is Cc1nc(CCNC(=O)CCC(=O)OC(C)(C)C)cs1. The molecule has 6 heteroatoms. The zero-order valence-electron chi connectivity index (χ0n) is 12.5. The average Bonchev–Trinajstić information content (AvgIpc) is 2.70. The highest BCUT2D eigenvalue weighted by Gasteiger charge is 2.16. The van der Waals surface area contributed by atoms with Crippen LogP contribution in [0.25, 0.3) is 0 Å². The number of aryl methyl sites for hydroxylation is 1. The van der Waals surface area contributed by atoms with Gasteiger partial charge in [0.15, 0.2) is 0 Å². The highest BCUT2D eigenvalue weighted by Crippen LogP contribution is 2.09. The molecule has 0 fully saturated rings. The number of esters is 1. The molecule has 0 atom stereocenters. The third-order valence-electron chi connectivity index (χ3n) is 2.35. The largest absolute Gasteiger partial charge is 0.460 e. The van der Waals surface area contributed by atoms with Crippen molar-refractivity contribution in [2.45, 2.75) is 52.6 Å². The van der Waals surface area contributed by atoms with Crippen LogP contribution in [0.2, 0.25) is 0 Å². The molecule has 0 radical (unpaired) electrons. The molecule has 0 aliphatic carbocycles. The Balaban J connectivity index is 2.16. The summed E-state index contributed by atoms with van der Waals surface area (Å²) in [5.41, 5.74) is 0.482. The van der Waals surface area contributed by atoms with Crippen LogP contribution in [-0.4, -0.2) is 29.0 Å². The molecule has 0 bridgehead atoms. The minimum Gasteiger partial charge on any atom is -0.460 e. The molecule has 0 aliphatic rings. The van der Waals surface area contributed by atoms with Gasteiger partial charge >= 0.3 is 5.97 Å². The lowest BCUT2D eigenvalue weighted by Gasteiger charge is -2.19. The summed E-state index contributed by atoms with van der Waals surface area (Å²) < 4.78 is 5.14. The molecule has 0 saturated carbocycles. The zero-order chi connectivity index (χ0) is 15.2. The fourth-order valence-corrected chi connectivity index (χ4v) is 2.20. The maximum atomic E-state index is 11.6. The second-order valence-corrected chi connectivity index (χ2v) is 6.61. The van der Waals surface area contributed by atoms with Gasteiger partial charge in [-0.15, -0.1) is 11.3 Å². The van der Waals surface area contributed by atoms with Crippen LogP contribution in [0.1, 0.15) is 44.3 Å². The molecule has 1 aromatic heterocycles. The lowest BCUT2D eigenvalue weighted by molar-refractivity contribution is -0.155. The van der Waals surface area contributed by atoms with Crippen LogP contribution >= 0.6 is 11.3 Å². The second kappa shape index (κ2) is 7.38. The number of rotatable bonds is 6. The van der Waals surface area contributed by atoms with Crippen molar-refractivity contribution in [3.8, 4) is 0 Å². The van der Waals surface area contributed by atoms with E-state index in [1.807, 2.05) is 12.3 Å². The van der Waals surface area contributed by atoms with E-state index in [-0.39, 0.29) is 24.7 Å². The molecule has 1 rings (SSSR count). The molecule has 1 N–H and O–H groups in total. The van der Waals surface area contributed by atoms with Crippen molar-refractivity contribution in [1.82, 2.24) is 10.3 Å². The summed E-state index contributed by atoms with van der Waals surface area (Å²) in [7, 11) is 0. The molecule has 0 spiro atoms. The van der Waals surface area contributed by atoms with Crippen LogP contribution < -0.4 is 5.32 Å². The highest BCUT2D eigenvalue weighted by molar-refractivity contribution is 7.09. The fourth-order valence-electron chi connectivity index (χ4n) is 1.55. The van der Waals surface area contributed by atoms with E-state index in [1.54, 1.807) is 32.1 Å². The predicted octanol–water partition coefficient (Wildman–Crippen LogP) is 2.23. The number of amides is 1. The van der Waals surface area contributed by atoms with Crippen LogP contribution in [0.15, 0.2) is 5.38 Å². The first-order valence-corrected chi connectivity index (χ1v) is 7.54. The van der Waals surface area contributed by atoms with Crippen molar-refractivity contribution in [1.29, 1.82) is 0 Å². The molecule has 20 heavy (non-hydrogen) atoms. The van der Waals surface area contributed by atoms with Crippen molar-refractivity contribution < 1.29 is 14.3 Å². The Bertz CT molecular complexity index is 463. The Morgan fingerprint density at radius 2 is 2.05 bits per heavy atom. The van der Waals surface area contributed by atoms with E-state index in [4.69, 9.17) is 4.74 Å². The Morgan fingerprint density at radius 1 is 1.35 bits per heavy atom. The number of ether oxygens (including phenoxy) is 1. The van der Waals surface area contributed by atoms with Gasteiger partial charge in [0, 0.05) is 24.8 Å². The fraction of sp³-hybridized carbons (Fsp3) is 0.643. The van der Waals surface area contributed by atoms with Gasteiger partial charge in [-0.3, -0.25) is 9.59 Å². The smallest absolute Gasteiger partial charge is 0.306 e. The van der Waals surface area contributed by atoms with Crippen molar-refractivity contribution in [2.24, 2.45) is 0 Å². The van der Waals surface area contributed by atoms with Gasteiger partial charge in [-0.25, -0.2) is 4.98 Å². The van der Waals surface area contributed by atoms with Gasteiger partial charge in [0.05, 0.1) is 17.1 Å². The van der Waals surface area contributed by atoms with Crippen molar-refractivity contribution >= 4 is 23.2 Å². The standard InChI is InChI=1S/C14H22N2O3S/c1-10-16-11(9-20-10)7-8-15-12(17)5-6-13(18)19-14(2,3)4/h9H,5-8H2,1-4H3,(H,15,17). The lowest BCUT2D eigenvalue weighted by Crippen LogP contribution is -2.28. The Kier molecular flexibility index (Phi) is 6.13. The van der Waals surface area contributed by atoms with Gasteiger partial charge < -0.3 is 10.1 Å². The number of carbonyl (C=O) groups excluding carboxylic acids is 2. The van der Waals surface area contributed by atoms with E-state index in [1.165, 1.54) is 0 Å². The van der Waals surface area contributed by atoms with Crippen LogP contribution in [0, 0.1) is 6.92 Å². The summed E-state index contributed by atoms with van der Waals surface area (Å²) in [4.78, 5) is 27.3. The quantitative estimate of drug-likeness (QED) is 0.818. The third-order valence-corrected chi connectivity index (χ3v) is 3.17. The van der Waals surface area contributed by atoms with Gasteiger partial charge in [0.1, 0.15) is 5.60 Å². The van der Waals surface area contributed by atoms with Gasteiger partial charge in [-0.2, -0.15) is 0 Å². The molecular weight excluding hydrogens is 276 g/mol. The summed E-state index contributed by atoms with van der Waals surface area (Å²) in [5.74, 6) is -0.481. The van der Waals surface area contributed by atoms with Crippen LogP contribution in [0.3, 0.4) is 0 Å². The van der Waals surface area contributed by atoms with E-state index in [2.05, 4.69) is 10.3 Å². The van der Waals surface area contributed by atoms with Gasteiger partial charge in [-0.05, 0) is 27.7 Å².